The quantitative estimate of drug-likeness (QED) is 0.725. The van der Waals surface area contributed by atoms with Gasteiger partial charge in [0.25, 0.3) is 0 Å². The first-order chi connectivity index (χ1) is 14.2. The van der Waals surface area contributed by atoms with E-state index < -0.39 is 15.9 Å². The lowest BCUT2D eigenvalue weighted by atomic mass is 9.69. The first-order valence-electron chi connectivity index (χ1n) is 11.8. The summed E-state index contributed by atoms with van der Waals surface area (Å²) in [5.74, 6) is 1.53. The molecule has 4 rings (SSSR count). The average Bonchev–Trinajstić information content (AvgIpc) is 3.57. The average molecular weight is 441 g/mol. The Morgan fingerprint density at radius 3 is 2.13 bits per heavy atom. The molecule has 4 fully saturated rings. The Bertz CT molecular complexity index is 772. The topological polar surface area (TPSA) is 95.0 Å². The summed E-state index contributed by atoms with van der Waals surface area (Å²) in [4.78, 5) is 28.6. The van der Waals surface area contributed by atoms with Crippen molar-refractivity contribution in [3.8, 4) is 0 Å². The standard InChI is InChI=1S/C22H36N2O5S/c1-3-30(28,29)18-9-6-15(7-10-18)17-8-11-19-20(12-17)23(21(25)16-4-5-16)13-14(2)24(19)22(26)27/h14-20H,3-13H2,1-2H3,(H,26,27)/t14-,15?,17?,18?,19?,20?/m0/s1. The van der Waals surface area contributed by atoms with E-state index in [0.717, 1.165) is 57.8 Å². The van der Waals surface area contributed by atoms with Gasteiger partial charge < -0.3 is 10.0 Å². The van der Waals surface area contributed by atoms with Crippen LogP contribution >= 0.6 is 0 Å². The van der Waals surface area contributed by atoms with Gasteiger partial charge in [-0.25, -0.2) is 13.2 Å². The molecule has 0 radical (unpaired) electrons. The highest BCUT2D eigenvalue weighted by Gasteiger charge is 2.50. The van der Waals surface area contributed by atoms with Gasteiger partial charge in [-0.05, 0) is 76.5 Å². The summed E-state index contributed by atoms with van der Waals surface area (Å²) in [7, 11) is -2.96. The lowest BCUT2D eigenvalue weighted by Crippen LogP contribution is -2.67. The molecule has 3 unspecified atom stereocenters. The van der Waals surface area contributed by atoms with E-state index in [0.29, 0.717) is 18.4 Å². The number of rotatable bonds is 4. The zero-order chi connectivity index (χ0) is 21.6. The summed E-state index contributed by atoms with van der Waals surface area (Å²) in [5, 5.41) is 9.61. The predicted molar refractivity (Wildman–Crippen MR) is 114 cm³/mol. The molecule has 8 heteroatoms. The van der Waals surface area contributed by atoms with Crippen molar-refractivity contribution in [3.05, 3.63) is 0 Å². The van der Waals surface area contributed by atoms with Crippen LogP contribution in [0.1, 0.15) is 71.6 Å². The van der Waals surface area contributed by atoms with Crippen molar-refractivity contribution >= 4 is 21.8 Å². The number of carbonyl (C=O) groups excluding carboxylic acids is 1. The summed E-state index contributed by atoms with van der Waals surface area (Å²) in [6, 6.07) is -0.305. The smallest absolute Gasteiger partial charge is 0.407 e. The first kappa shape index (κ1) is 21.9. The minimum absolute atomic E-state index is 0.0266. The van der Waals surface area contributed by atoms with Gasteiger partial charge in [-0.2, -0.15) is 0 Å². The molecule has 1 N–H and O–H groups in total. The van der Waals surface area contributed by atoms with Crippen LogP contribution in [-0.4, -0.2) is 71.0 Å². The van der Waals surface area contributed by atoms with Crippen LogP contribution in [-0.2, 0) is 14.6 Å². The van der Waals surface area contributed by atoms with Gasteiger partial charge >= 0.3 is 6.09 Å². The Morgan fingerprint density at radius 1 is 0.933 bits per heavy atom. The summed E-state index contributed by atoms with van der Waals surface area (Å²) in [6.07, 6.45) is 7.03. The molecule has 0 bridgehead atoms. The lowest BCUT2D eigenvalue weighted by molar-refractivity contribution is -0.144. The summed E-state index contributed by atoms with van der Waals surface area (Å²) in [5.41, 5.74) is 0. The van der Waals surface area contributed by atoms with Crippen molar-refractivity contribution in [1.82, 2.24) is 9.80 Å². The van der Waals surface area contributed by atoms with Gasteiger partial charge in [0.05, 0.1) is 23.4 Å². The number of fused-ring (bicyclic) bond motifs is 1. The molecule has 2 amide bonds. The molecule has 1 aliphatic heterocycles. The van der Waals surface area contributed by atoms with E-state index in [9.17, 15) is 23.1 Å². The van der Waals surface area contributed by atoms with Crippen LogP contribution in [0.15, 0.2) is 0 Å². The molecule has 0 aromatic carbocycles. The van der Waals surface area contributed by atoms with E-state index >= 15 is 0 Å². The molecule has 4 aliphatic rings. The zero-order valence-corrected chi connectivity index (χ0v) is 19.0. The Morgan fingerprint density at radius 2 is 1.57 bits per heavy atom. The summed E-state index contributed by atoms with van der Waals surface area (Å²) < 4.78 is 24.5. The first-order valence-corrected chi connectivity index (χ1v) is 13.5. The molecule has 3 aliphatic carbocycles. The Labute approximate surface area is 180 Å². The second-order valence-electron chi connectivity index (χ2n) is 10.00. The van der Waals surface area contributed by atoms with Crippen molar-refractivity contribution < 1.29 is 23.1 Å². The van der Waals surface area contributed by atoms with E-state index in [1.165, 1.54) is 0 Å². The third-order valence-electron chi connectivity index (χ3n) is 8.24. The maximum Gasteiger partial charge on any atom is 0.407 e. The van der Waals surface area contributed by atoms with Gasteiger partial charge in [0.2, 0.25) is 5.91 Å². The van der Waals surface area contributed by atoms with Crippen LogP contribution in [0.4, 0.5) is 4.79 Å². The lowest BCUT2D eigenvalue weighted by Gasteiger charge is -2.54. The Hall–Kier alpha value is -1.31. The van der Waals surface area contributed by atoms with Gasteiger partial charge in [0, 0.05) is 18.2 Å². The number of nitrogens with zero attached hydrogens (tertiary/aromatic N) is 2. The third-order valence-corrected chi connectivity index (χ3v) is 10.5. The number of piperazine rings is 1. The number of sulfone groups is 1. The molecule has 170 valence electrons. The molecular weight excluding hydrogens is 404 g/mol. The van der Waals surface area contributed by atoms with Crippen molar-refractivity contribution in [1.29, 1.82) is 0 Å². The van der Waals surface area contributed by atoms with Crippen molar-refractivity contribution in [2.24, 2.45) is 17.8 Å². The predicted octanol–water partition coefficient (Wildman–Crippen LogP) is 3.14. The van der Waals surface area contributed by atoms with Gasteiger partial charge in [0.1, 0.15) is 0 Å². The van der Waals surface area contributed by atoms with Crippen LogP contribution in [0, 0.1) is 17.8 Å². The van der Waals surface area contributed by atoms with Crippen LogP contribution in [0.2, 0.25) is 0 Å². The maximum atomic E-state index is 13.0. The fraction of sp³-hybridized carbons (Fsp3) is 0.909. The van der Waals surface area contributed by atoms with Crippen LogP contribution in [0.25, 0.3) is 0 Å². The monoisotopic (exact) mass is 440 g/mol. The molecule has 30 heavy (non-hydrogen) atoms. The highest BCUT2D eigenvalue weighted by molar-refractivity contribution is 7.92. The molecule has 0 aromatic rings. The van der Waals surface area contributed by atoms with Crippen molar-refractivity contribution in [2.45, 2.75) is 95.0 Å². The van der Waals surface area contributed by atoms with Crippen molar-refractivity contribution in [3.63, 3.8) is 0 Å². The van der Waals surface area contributed by atoms with E-state index in [1.54, 1.807) is 11.8 Å². The van der Waals surface area contributed by atoms with E-state index in [-0.39, 0.29) is 41.0 Å². The summed E-state index contributed by atoms with van der Waals surface area (Å²) in [6.45, 7) is 4.14. The second-order valence-corrected chi connectivity index (χ2v) is 12.6. The number of carbonyl (C=O) groups is 2. The van der Waals surface area contributed by atoms with Crippen molar-refractivity contribution in [2.75, 3.05) is 12.3 Å². The number of hydrogen-bond acceptors (Lipinski definition) is 4. The van der Waals surface area contributed by atoms with Gasteiger partial charge in [-0.15, -0.1) is 0 Å². The van der Waals surface area contributed by atoms with Gasteiger partial charge in [-0.3, -0.25) is 9.69 Å². The van der Waals surface area contributed by atoms with E-state index in [2.05, 4.69) is 0 Å². The zero-order valence-electron chi connectivity index (χ0n) is 18.2. The largest absolute Gasteiger partial charge is 0.465 e. The SMILES string of the molecule is CCS(=O)(=O)C1CCC(C2CCC3C(C2)N(C(=O)C2CC2)C[C@H](C)N3C(=O)O)CC1. The normalized spacial score (nSPS) is 37.5. The number of carboxylic acid groups (broad SMARTS) is 1. The Balaban J connectivity index is 1.47. The van der Waals surface area contributed by atoms with Crippen LogP contribution in [0.5, 0.6) is 0 Å². The molecule has 3 saturated carbocycles. The minimum Gasteiger partial charge on any atom is -0.465 e. The minimum atomic E-state index is -2.96. The number of hydrogen-bond donors (Lipinski definition) is 1. The van der Waals surface area contributed by atoms with E-state index in [4.69, 9.17) is 0 Å². The maximum absolute atomic E-state index is 13.0. The fourth-order valence-corrected chi connectivity index (χ4v) is 7.85. The number of amides is 2. The van der Waals surface area contributed by atoms with Gasteiger partial charge in [-0.1, -0.05) is 6.92 Å². The third kappa shape index (κ3) is 4.08. The highest BCUT2D eigenvalue weighted by atomic mass is 32.2. The Kier molecular flexibility index (Phi) is 6.08. The highest BCUT2D eigenvalue weighted by Crippen LogP contribution is 2.44. The molecular formula is C22H36N2O5S. The van der Waals surface area contributed by atoms with Crippen LogP contribution < -0.4 is 0 Å². The van der Waals surface area contributed by atoms with Gasteiger partial charge in [0.15, 0.2) is 9.84 Å². The molecule has 0 spiro atoms. The summed E-state index contributed by atoms with van der Waals surface area (Å²) >= 11 is 0. The molecule has 4 atom stereocenters. The molecule has 1 saturated heterocycles. The molecule has 7 nitrogen and oxygen atoms in total. The van der Waals surface area contributed by atoms with Crippen LogP contribution in [0.3, 0.4) is 0 Å². The molecule has 0 aromatic heterocycles. The second kappa shape index (κ2) is 8.32. The fourth-order valence-electron chi connectivity index (χ4n) is 6.39. The molecule has 1 heterocycles. The van der Waals surface area contributed by atoms with E-state index in [1.807, 2.05) is 11.8 Å².